The second-order valence-corrected chi connectivity index (χ2v) is 16.4. The van der Waals surface area contributed by atoms with Crippen LogP contribution >= 0.6 is 11.8 Å². The molecule has 3 unspecified atom stereocenters. The van der Waals surface area contributed by atoms with E-state index in [1.54, 1.807) is 13.0 Å². The molecular weight excluding hydrogens is 769 g/mol. The minimum atomic E-state index is -1.16. The Bertz CT molecular complexity index is 2220. The number of likely N-dealkylation sites (N-methyl/N-ethyl adjacent to an activating group) is 1. The van der Waals surface area contributed by atoms with Gasteiger partial charge in [-0.3, -0.25) is 24.2 Å². The average molecular weight is 815 g/mol. The number of piperazine rings is 1. The fraction of sp³-hybridized carbons (Fsp3) is 0.429. The molecule has 6 aliphatic heterocycles. The van der Waals surface area contributed by atoms with Crippen LogP contribution in [-0.2, 0) is 30.3 Å². The smallest absolute Gasteiger partial charge is 0.329 e. The molecule has 6 heterocycles. The molecule has 4 bridgehead atoms. The summed E-state index contributed by atoms with van der Waals surface area (Å²) in [4.78, 5) is 57.1. The Morgan fingerprint density at radius 1 is 1.05 bits per heavy atom. The third-order valence-electron chi connectivity index (χ3n) is 11.8. The molecule has 15 nitrogen and oxygen atoms in total. The second-order valence-electron chi connectivity index (χ2n) is 15.3. The number of esters is 2. The van der Waals surface area contributed by atoms with Gasteiger partial charge in [-0.1, -0.05) is 36.4 Å². The molecule has 2 fully saturated rings. The number of aromatic hydroxyl groups is 1. The molecule has 8 atom stereocenters. The van der Waals surface area contributed by atoms with Crippen molar-refractivity contribution in [3.8, 4) is 28.7 Å². The van der Waals surface area contributed by atoms with E-state index in [1.165, 1.54) is 38.8 Å². The zero-order valence-corrected chi connectivity index (χ0v) is 33.8. The number of carbonyl (C=O) groups is 4. The van der Waals surface area contributed by atoms with Crippen LogP contribution in [0, 0.1) is 13.8 Å². The van der Waals surface area contributed by atoms with Crippen LogP contribution in [0.25, 0.3) is 6.08 Å². The van der Waals surface area contributed by atoms with Gasteiger partial charge in [0, 0.05) is 47.0 Å². The van der Waals surface area contributed by atoms with E-state index in [-0.39, 0.29) is 30.7 Å². The lowest BCUT2D eigenvalue weighted by molar-refractivity contribution is -0.184. The van der Waals surface area contributed by atoms with Crippen LogP contribution in [0.2, 0.25) is 0 Å². The highest BCUT2D eigenvalue weighted by atomic mass is 32.2. The van der Waals surface area contributed by atoms with Crippen LogP contribution in [0.3, 0.4) is 0 Å². The lowest BCUT2D eigenvalue weighted by Crippen LogP contribution is -2.69. The number of aliphatic hydroxyl groups is 1. The lowest BCUT2D eigenvalue weighted by atomic mass is 9.73. The third kappa shape index (κ3) is 6.61. The normalized spacial score (nSPS) is 26.5. The van der Waals surface area contributed by atoms with Crippen molar-refractivity contribution in [2.24, 2.45) is 0 Å². The van der Waals surface area contributed by atoms with E-state index in [0.29, 0.717) is 45.9 Å². The number of ether oxygens (including phenoxy) is 5. The van der Waals surface area contributed by atoms with E-state index < -0.39 is 71.5 Å². The Labute approximate surface area is 339 Å². The molecule has 0 spiro atoms. The maximum atomic E-state index is 14.0. The Balaban J connectivity index is 1.21. The summed E-state index contributed by atoms with van der Waals surface area (Å²) in [7, 11) is 3.42. The van der Waals surface area contributed by atoms with Gasteiger partial charge in [-0.05, 0) is 57.0 Å². The number of hydrogen-bond acceptors (Lipinski definition) is 14. The topological polar surface area (TPSA) is 185 Å². The molecule has 0 aromatic heterocycles. The van der Waals surface area contributed by atoms with Gasteiger partial charge in [0.2, 0.25) is 18.6 Å². The molecule has 306 valence electrons. The number of thioether (sulfide) groups is 1. The fourth-order valence-electron chi connectivity index (χ4n) is 9.24. The van der Waals surface area contributed by atoms with Gasteiger partial charge in [-0.15, -0.1) is 11.8 Å². The number of rotatable bonds is 7. The van der Waals surface area contributed by atoms with Crippen molar-refractivity contribution < 1.29 is 53.1 Å². The van der Waals surface area contributed by atoms with Gasteiger partial charge in [0.25, 0.3) is 0 Å². The molecule has 6 aliphatic rings. The number of nitrogens with one attached hydrogen (secondary N) is 2. The van der Waals surface area contributed by atoms with Crippen LogP contribution in [0.15, 0.2) is 42.5 Å². The van der Waals surface area contributed by atoms with Crippen molar-refractivity contribution in [3.63, 3.8) is 0 Å². The maximum absolute atomic E-state index is 14.0. The molecule has 3 aromatic rings. The zero-order chi connectivity index (χ0) is 41.2. The molecule has 9 rings (SSSR count). The summed E-state index contributed by atoms with van der Waals surface area (Å²) in [6.07, 6.45) is 2.29. The summed E-state index contributed by atoms with van der Waals surface area (Å²) in [6, 6.07) is 6.62. The summed E-state index contributed by atoms with van der Waals surface area (Å²) in [5.41, 5.74) is 4.79. The molecule has 3 aromatic carbocycles. The van der Waals surface area contributed by atoms with Gasteiger partial charge < -0.3 is 44.5 Å². The predicted octanol–water partition coefficient (Wildman–Crippen LogP) is 3.36. The van der Waals surface area contributed by atoms with E-state index in [4.69, 9.17) is 23.7 Å². The molecule has 16 heteroatoms. The quantitative estimate of drug-likeness (QED) is 0.155. The zero-order valence-electron chi connectivity index (χ0n) is 32.9. The minimum absolute atomic E-state index is 0.00405. The number of benzene rings is 3. The summed E-state index contributed by atoms with van der Waals surface area (Å²) in [6.45, 7) is 6.10. The fourth-order valence-corrected chi connectivity index (χ4v) is 10.7. The number of methoxy groups -OCH3 is 1. The van der Waals surface area contributed by atoms with Crippen LogP contribution < -0.4 is 29.6 Å². The van der Waals surface area contributed by atoms with Crippen LogP contribution in [0.5, 0.6) is 28.7 Å². The van der Waals surface area contributed by atoms with E-state index in [0.717, 1.165) is 16.7 Å². The number of nitrogens with zero attached hydrogens (tertiary/aromatic N) is 2. The van der Waals surface area contributed by atoms with Crippen LogP contribution in [0.1, 0.15) is 70.1 Å². The van der Waals surface area contributed by atoms with Crippen LogP contribution in [-0.4, -0.2) is 107 Å². The first kappa shape index (κ1) is 39.5. The van der Waals surface area contributed by atoms with E-state index in [2.05, 4.69) is 15.5 Å². The van der Waals surface area contributed by atoms with Gasteiger partial charge >= 0.3 is 11.9 Å². The summed E-state index contributed by atoms with van der Waals surface area (Å²) >= 11 is 1.31. The first-order chi connectivity index (χ1) is 27.8. The first-order valence-electron chi connectivity index (χ1n) is 19.1. The van der Waals surface area contributed by atoms with Crippen molar-refractivity contribution in [1.29, 1.82) is 0 Å². The second kappa shape index (κ2) is 15.5. The molecular formula is C42H46N4O11S. The lowest BCUT2D eigenvalue weighted by Gasteiger charge is -2.62. The standard InChI is InChI=1S/C42H46N4O11S/c1-19-14-24-15-26-41(51)46-27-16-54-42(52)25(44-40(50)21(3)43-28(48)13-12-23-10-8-7-9-11-23)17-58-39(33(46)32(45(26)5)29(24)34(49)35(19)53-6)31-30(27)38-37(55-18-56-38)20(2)36(31)57-22(4)47/h7-14,21,25-27,32-33,39,41,49,51H,15-18H2,1-6H3,(H,43,48)(H,44,50)/b13-12+/t21?,25?,26-,27-,32+,33?,39+,41-/m0/s1. The minimum Gasteiger partial charge on any atom is -0.504 e. The number of phenolic OH excluding ortho intramolecular Hbond substituents is 1. The SMILES string of the molecule is COc1c(C)cc2c(c1O)[C@@H]1C3[C@@H]4SCC(NC(=O)C(C)NC(=O)/C=C/c5ccccc5)C(=O)OC[C@@H](c5c6c(c(C)c(OC(C)=O)c54)OCO6)N3[C@@H](O)[C@H](C2)N1C. The predicted molar refractivity (Wildman–Crippen MR) is 212 cm³/mol. The molecule has 58 heavy (non-hydrogen) atoms. The van der Waals surface area contributed by atoms with E-state index in [1.807, 2.05) is 55.3 Å². The molecule has 2 saturated heterocycles. The van der Waals surface area contributed by atoms with Crippen molar-refractivity contribution >= 4 is 41.6 Å². The number of aryl methyl sites for hydroxylation is 1. The molecule has 0 aliphatic carbocycles. The summed E-state index contributed by atoms with van der Waals surface area (Å²) < 4.78 is 29.8. The Morgan fingerprint density at radius 3 is 2.52 bits per heavy atom. The van der Waals surface area contributed by atoms with Gasteiger partial charge in [0.15, 0.2) is 23.0 Å². The Morgan fingerprint density at radius 2 is 1.79 bits per heavy atom. The number of amides is 2. The molecule has 4 N–H and O–H groups in total. The Kier molecular flexibility index (Phi) is 10.5. The van der Waals surface area contributed by atoms with E-state index >= 15 is 0 Å². The monoisotopic (exact) mass is 814 g/mol. The number of phenols is 1. The van der Waals surface area contributed by atoms with Gasteiger partial charge in [-0.2, -0.15) is 0 Å². The van der Waals surface area contributed by atoms with Crippen molar-refractivity contribution in [3.05, 3.63) is 81.4 Å². The third-order valence-corrected chi connectivity index (χ3v) is 13.2. The van der Waals surface area contributed by atoms with Crippen molar-refractivity contribution in [1.82, 2.24) is 20.4 Å². The van der Waals surface area contributed by atoms with Gasteiger partial charge in [0.05, 0.1) is 30.5 Å². The van der Waals surface area contributed by atoms with Gasteiger partial charge in [0.1, 0.15) is 30.7 Å². The number of aliphatic hydroxyl groups excluding tert-OH is 1. The highest BCUT2D eigenvalue weighted by molar-refractivity contribution is 7.99. The highest BCUT2D eigenvalue weighted by Crippen LogP contribution is 2.63. The van der Waals surface area contributed by atoms with Crippen molar-refractivity contribution in [2.75, 3.05) is 33.3 Å². The number of fused-ring (bicyclic) bond motifs is 10. The van der Waals surface area contributed by atoms with Crippen LogP contribution in [0.4, 0.5) is 0 Å². The highest BCUT2D eigenvalue weighted by Gasteiger charge is 2.60. The first-order valence-corrected chi connectivity index (χ1v) is 20.2. The maximum Gasteiger partial charge on any atom is 0.329 e. The largest absolute Gasteiger partial charge is 0.504 e. The molecule has 2 amide bonds. The molecule has 0 radical (unpaired) electrons. The van der Waals surface area contributed by atoms with Gasteiger partial charge in [-0.25, -0.2) is 4.79 Å². The summed E-state index contributed by atoms with van der Waals surface area (Å²) in [5, 5.41) is 29.2. The average Bonchev–Trinajstić information content (AvgIpc) is 3.69. The van der Waals surface area contributed by atoms with E-state index in [9.17, 15) is 29.4 Å². The summed E-state index contributed by atoms with van der Waals surface area (Å²) in [5.74, 6) is -0.980. The number of carbonyl (C=O) groups excluding carboxylic acids is 4. The number of hydrogen-bond donors (Lipinski definition) is 4. The Hall–Kier alpha value is -5.29. The molecule has 0 saturated carbocycles. The van der Waals surface area contributed by atoms with Crippen molar-refractivity contribution in [2.45, 2.75) is 81.8 Å².